The van der Waals surface area contributed by atoms with Gasteiger partial charge in [0.05, 0.1) is 23.5 Å². The third-order valence-corrected chi connectivity index (χ3v) is 3.89. The fraction of sp³-hybridized carbons (Fsp3) is 0.111. The number of methoxy groups -OCH3 is 1. The molecule has 3 aromatic rings. The quantitative estimate of drug-likeness (QED) is 0.689. The Morgan fingerprint density at radius 1 is 1.21 bits per heavy atom. The van der Waals surface area contributed by atoms with Gasteiger partial charge in [0.25, 0.3) is 0 Å². The number of carbonyl (C=O) groups is 1. The highest BCUT2D eigenvalue weighted by molar-refractivity contribution is 6.33. The Hall–Kier alpha value is -2.66. The number of esters is 1. The minimum atomic E-state index is -0.641. The number of carbonyl (C=O) groups excluding carboxylic acids is 1. The van der Waals surface area contributed by atoms with Crippen molar-refractivity contribution in [2.24, 2.45) is 0 Å². The van der Waals surface area contributed by atoms with Gasteiger partial charge in [0.1, 0.15) is 11.3 Å². The van der Waals surface area contributed by atoms with Crippen LogP contribution in [0.4, 0.5) is 15.8 Å². The van der Waals surface area contributed by atoms with E-state index in [1.807, 2.05) is 25.1 Å². The van der Waals surface area contributed by atoms with Crippen LogP contribution in [0.1, 0.15) is 16.1 Å². The van der Waals surface area contributed by atoms with Gasteiger partial charge in [-0.1, -0.05) is 29.8 Å². The average molecular weight is 345 g/mol. The summed E-state index contributed by atoms with van der Waals surface area (Å²) in [4.78, 5) is 15.9. The zero-order valence-electron chi connectivity index (χ0n) is 13.1. The summed E-state index contributed by atoms with van der Waals surface area (Å²) in [5.74, 6) is -1.16. The molecule has 4 nitrogen and oxygen atoms in total. The normalized spacial score (nSPS) is 10.7. The van der Waals surface area contributed by atoms with Crippen LogP contribution < -0.4 is 5.32 Å². The van der Waals surface area contributed by atoms with Gasteiger partial charge in [-0.2, -0.15) is 0 Å². The first-order valence-electron chi connectivity index (χ1n) is 7.20. The Balaban J connectivity index is 2.18. The number of nitrogens with one attached hydrogen (secondary N) is 1. The summed E-state index contributed by atoms with van der Waals surface area (Å²) in [6.07, 6.45) is 0. The molecule has 2 aromatic carbocycles. The van der Waals surface area contributed by atoms with E-state index in [1.165, 1.54) is 19.2 Å². The van der Waals surface area contributed by atoms with Crippen LogP contribution in [0.3, 0.4) is 0 Å². The lowest BCUT2D eigenvalue weighted by Gasteiger charge is -2.13. The van der Waals surface area contributed by atoms with E-state index in [9.17, 15) is 9.18 Å². The topological polar surface area (TPSA) is 51.2 Å². The van der Waals surface area contributed by atoms with Crippen molar-refractivity contribution in [3.8, 4) is 0 Å². The van der Waals surface area contributed by atoms with Gasteiger partial charge in [0, 0.05) is 5.39 Å². The standard InChI is InChI=1S/C18H14ClFN2O2/c1-10-6-7-14(12(19)8-10)21-15-9-16(18(23)24-2)22-17-11(15)4-3-5-13(17)20/h3-9H,1-2H3,(H,21,22). The molecule has 0 unspecified atom stereocenters. The highest BCUT2D eigenvalue weighted by Crippen LogP contribution is 2.31. The number of ether oxygens (including phenoxy) is 1. The SMILES string of the molecule is COC(=O)c1cc(Nc2ccc(C)cc2Cl)c2cccc(F)c2n1. The second-order valence-corrected chi connectivity index (χ2v) is 5.70. The van der Waals surface area contributed by atoms with Crippen molar-refractivity contribution in [3.63, 3.8) is 0 Å². The lowest BCUT2D eigenvalue weighted by atomic mass is 10.1. The maximum absolute atomic E-state index is 14.1. The molecule has 0 aliphatic carbocycles. The van der Waals surface area contributed by atoms with Crippen LogP contribution in [0.5, 0.6) is 0 Å². The Labute approximate surface area is 143 Å². The minimum Gasteiger partial charge on any atom is -0.464 e. The van der Waals surface area contributed by atoms with E-state index in [0.29, 0.717) is 21.8 Å². The van der Waals surface area contributed by atoms with Crippen molar-refractivity contribution >= 4 is 39.8 Å². The van der Waals surface area contributed by atoms with Crippen LogP contribution in [0, 0.1) is 12.7 Å². The summed E-state index contributed by atoms with van der Waals surface area (Å²) < 4.78 is 18.8. The maximum atomic E-state index is 14.1. The number of rotatable bonds is 3. The summed E-state index contributed by atoms with van der Waals surface area (Å²) in [5, 5.41) is 4.21. The van der Waals surface area contributed by atoms with Gasteiger partial charge in [-0.25, -0.2) is 14.2 Å². The first kappa shape index (κ1) is 16.2. The molecule has 0 saturated carbocycles. The number of halogens is 2. The van der Waals surface area contributed by atoms with Crippen LogP contribution in [-0.2, 0) is 4.74 Å². The molecule has 0 aliphatic rings. The number of hydrogen-bond donors (Lipinski definition) is 1. The second-order valence-electron chi connectivity index (χ2n) is 5.29. The van der Waals surface area contributed by atoms with E-state index in [0.717, 1.165) is 5.56 Å². The number of benzene rings is 2. The van der Waals surface area contributed by atoms with E-state index in [2.05, 4.69) is 10.3 Å². The molecule has 0 radical (unpaired) electrons. The summed E-state index contributed by atoms with van der Waals surface area (Å²) in [6.45, 7) is 1.93. The molecule has 1 N–H and O–H groups in total. The smallest absolute Gasteiger partial charge is 0.356 e. The van der Waals surface area contributed by atoms with E-state index in [-0.39, 0.29) is 11.2 Å². The van der Waals surface area contributed by atoms with E-state index < -0.39 is 11.8 Å². The Morgan fingerprint density at radius 3 is 2.71 bits per heavy atom. The van der Waals surface area contributed by atoms with Gasteiger partial charge in [-0.05, 0) is 36.8 Å². The number of aryl methyl sites for hydroxylation is 1. The summed E-state index contributed by atoms with van der Waals surface area (Å²) >= 11 is 6.25. The molecule has 0 saturated heterocycles. The molecule has 0 fully saturated rings. The second kappa shape index (κ2) is 6.45. The van der Waals surface area contributed by atoms with Crippen LogP contribution >= 0.6 is 11.6 Å². The molecule has 122 valence electrons. The molecule has 0 atom stereocenters. The van der Waals surface area contributed by atoms with Crippen LogP contribution in [0.25, 0.3) is 10.9 Å². The lowest BCUT2D eigenvalue weighted by Crippen LogP contribution is -2.06. The molecule has 3 rings (SSSR count). The highest BCUT2D eigenvalue weighted by atomic mass is 35.5. The molecule has 0 aliphatic heterocycles. The number of aromatic nitrogens is 1. The molecule has 1 aromatic heterocycles. The molecule has 0 amide bonds. The molecule has 0 bridgehead atoms. The predicted molar refractivity (Wildman–Crippen MR) is 92.5 cm³/mol. The fourth-order valence-electron chi connectivity index (χ4n) is 2.39. The zero-order chi connectivity index (χ0) is 17.3. The van der Waals surface area contributed by atoms with Crippen LogP contribution in [0.2, 0.25) is 5.02 Å². The molecular formula is C18H14ClFN2O2. The number of anilines is 2. The number of para-hydroxylation sites is 1. The fourth-order valence-corrected chi connectivity index (χ4v) is 2.68. The summed E-state index contributed by atoms with van der Waals surface area (Å²) in [5.41, 5.74) is 2.29. The number of hydrogen-bond acceptors (Lipinski definition) is 4. The van der Waals surface area contributed by atoms with Crippen LogP contribution in [0.15, 0.2) is 42.5 Å². The van der Waals surface area contributed by atoms with Crippen molar-refractivity contribution in [3.05, 3.63) is 64.6 Å². The van der Waals surface area contributed by atoms with Crippen molar-refractivity contribution in [2.75, 3.05) is 12.4 Å². The minimum absolute atomic E-state index is 0.0147. The summed E-state index contributed by atoms with van der Waals surface area (Å²) in [6, 6.07) is 11.6. The van der Waals surface area contributed by atoms with Crippen molar-refractivity contribution in [2.45, 2.75) is 6.92 Å². The first-order valence-corrected chi connectivity index (χ1v) is 7.58. The van der Waals surface area contributed by atoms with E-state index >= 15 is 0 Å². The predicted octanol–water partition coefficient (Wildman–Crippen LogP) is 4.87. The number of nitrogens with zero attached hydrogens (tertiary/aromatic N) is 1. The molecule has 0 spiro atoms. The molecular weight excluding hydrogens is 331 g/mol. The largest absolute Gasteiger partial charge is 0.464 e. The van der Waals surface area contributed by atoms with Crippen LogP contribution in [-0.4, -0.2) is 18.1 Å². The van der Waals surface area contributed by atoms with Gasteiger partial charge < -0.3 is 10.1 Å². The average Bonchev–Trinajstić information content (AvgIpc) is 2.57. The molecule has 24 heavy (non-hydrogen) atoms. The lowest BCUT2D eigenvalue weighted by molar-refractivity contribution is 0.0594. The van der Waals surface area contributed by atoms with E-state index in [1.54, 1.807) is 12.1 Å². The van der Waals surface area contributed by atoms with E-state index in [4.69, 9.17) is 16.3 Å². The van der Waals surface area contributed by atoms with Gasteiger partial charge in [0.15, 0.2) is 5.69 Å². The Kier molecular flexibility index (Phi) is 4.36. The molecule has 6 heteroatoms. The van der Waals surface area contributed by atoms with Gasteiger partial charge >= 0.3 is 5.97 Å². The summed E-state index contributed by atoms with van der Waals surface area (Å²) in [7, 11) is 1.25. The third-order valence-electron chi connectivity index (χ3n) is 3.58. The highest BCUT2D eigenvalue weighted by Gasteiger charge is 2.15. The zero-order valence-corrected chi connectivity index (χ0v) is 13.8. The molecule has 1 heterocycles. The van der Waals surface area contributed by atoms with Crippen molar-refractivity contribution in [1.82, 2.24) is 4.98 Å². The monoisotopic (exact) mass is 344 g/mol. The van der Waals surface area contributed by atoms with Crippen molar-refractivity contribution < 1.29 is 13.9 Å². The first-order chi connectivity index (χ1) is 11.5. The van der Waals surface area contributed by atoms with Crippen molar-refractivity contribution in [1.29, 1.82) is 0 Å². The van der Waals surface area contributed by atoms with Gasteiger partial charge in [-0.3, -0.25) is 0 Å². The Morgan fingerprint density at radius 2 is 2.00 bits per heavy atom. The number of pyridine rings is 1. The third kappa shape index (κ3) is 3.03. The van der Waals surface area contributed by atoms with Gasteiger partial charge in [0.2, 0.25) is 0 Å². The number of fused-ring (bicyclic) bond motifs is 1. The Bertz CT molecular complexity index is 944. The maximum Gasteiger partial charge on any atom is 0.356 e. The van der Waals surface area contributed by atoms with Gasteiger partial charge in [-0.15, -0.1) is 0 Å².